The number of nitrogens with one attached hydrogen (secondary N) is 1. The quantitative estimate of drug-likeness (QED) is 0.628. The van der Waals surface area contributed by atoms with E-state index >= 15 is 0 Å². The Morgan fingerprint density at radius 2 is 1.83 bits per heavy atom. The Bertz CT molecular complexity index is 984. The lowest BCUT2D eigenvalue weighted by molar-refractivity contribution is 0.102. The second-order valence-corrected chi connectivity index (χ2v) is 7.19. The molecule has 0 bridgehead atoms. The highest BCUT2D eigenvalue weighted by Gasteiger charge is 2.15. The van der Waals surface area contributed by atoms with Crippen LogP contribution in [0.3, 0.4) is 0 Å². The number of carbonyl (C=O) groups excluding carboxylic acids is 1. The van der Waals surface area contributed by atoms with Gasteiger partial charge >= 0.3 is 0 Å². The molecule has 1 aliphatic rings. The van der Waals surface area contributed by atoms with Gasteiger partial charge in [0.25, 0.3) is 5.91 Å². The van der Waals surface area contributed by atoms with Gasteiger partial charge in [-0.2, -0.15) is 0 Å². The maximum atomic E-state index is 12.7. The van der Waals surface area contributed by atoms with Crippen LogP contribution in [0, 0.1) is 0 Å². The zero-order chi connectivity index (χ0) is 20.8. The number of aromatic nitrogens is 1. The summed E-state index contributed by atoms with van der Waals surface area (Å²) in [6.07, 6.45) is 4.10. The molecule has 2 aromatic carbocycles. The van der Waals surface area contributed by atoms with Gasteiger partial charge in [0.2, 0.25) is 0 Å². The van der Waals surface area contributed by atoms with Crippen LogP contribution in [0.5, 0.6) is 11.5 Å². The highest BCUT2D eigenvalue weighted by molar-refractivity contribution is 6.04. The van der Waals surface area contributed by atoms with Crippen LogP contribution < -0.4 is 19.7 Å². The van der Waals surface area contributed by atoms with Crippen molar-refractivity contribution in [3.63, 3.8) is 0 Å². The summed E-state index contributed by atoms with van der Waals surface area (Å²) < 4.78 is 11.3. The summed E-state index contributed by atoms with van der Waals surface area (Å²) in [5, 5.41) is 2.89. The summed E-state index contributed by atoms with van der Waals surface area (Å²) in [5.74, 6) is 1.83. The number of benzene rings is 2. The number of rotatable bonds is 7. The highest BCUT2D eigenvalue weighted by atomic mass is 16.5. The predicted octanol–water partition coefficient (Wildman–Crippen LogP) is 4.52. The van der Waals surface area contributed by atoms with E-state index in [0.29, 0.717) is 29.4 Å². The van der Waals surface area contributed by atoms with E-state index in [1.807, 2.05) is 42.5 Å². The van der Waals surface area contributed by atoms with Gasteiger partial charge in [0.05, 0.1) is 19.0 Å². The molecule has 6 heteroatoms. The van der Waals surface area contributed by atoms with Gasteiger partial charge in [0.1, 0.15) is 12.4 Å². The molecule has 1 amide bonds. The van der Waals surface area contributed by atoms with Gasteiger partial charge in [0, 0.05) is 18.7 Å². The lowest BCUT2D eigenvalue weighted by Gasteiger charge is -2.16. The molecule has 6 nitrogen and oxygen atoms in total. The third kappa shape index (κ3) is 4.71. The number of nitrogens with zero attached hydrogens (tertiary/aromatic N) is 2. The van der Waals surface area contributed by atoms with Crippen LogP contribution in [0.1, 0.15) is 28.8 Å². The summed E-state index contributed by atoms with van der Waals surface area (Å²) in [7, 11) is 1.56. The van der Waals surface area contributed by atoms with E-state index in [9.17, 15) is 4.79 Å². The molecule has 1 fully saturated rings. The van der Waals surface area contributed by atoms with Crippen molar-refractivity contribution in [1.29, 1.82) is 0 Å². The van der Waals surface area contributed by atoms with Gasteiger partial charge in [-0.15, -0.1) is 0 Å². The van der Waals surface area contributed by atoms with Crippen LogP contribution >= 0.6 is 0 Å². The Morgan fingerprint density at radius 1 is 1.03 bits per heavy atom. The SMILES string of the molecule is COc1cc(C(=O)Nc2ccc(N3CCCC3)nc2)ccc1OCc1ccccc1. The molecule has 0 atom stereocenters. The second kappa shape index (κ2) is 9.31. The van der Waals surface area contributed by atoms with Gasteiger partial charge in [-0.3, -0.25) is 4.79 Å². The fourth-order valence-corrected chi connectivity index (χ4v) is 3.46. The van der Waals surface area contributed by atoms with Crippen molar-refractivity contribution in [2.75, 3.05) is 30.4 Å². The number of hydrogen-bond acceptors (Lipinski definition) is 5. The molecule has 0 saturated carbocycles. The minimum atomic E-state index is -0.223. The minimum absolute atomic E-state index is 0.223. The Morgan fingerprint density at radius 3 is 2.53 bits per heavy atom. The van der Waals surface area contributed by atoms with Crippen molar-refractivity contribution < 1.29 is 14.3 Å². The van der Waals surface area contributed by atoms with Crippen LogP contribution in [0.2, 0.25) is 0 Å². The smallest absolute Gasteiger partial charge is 0.255 e. The van der Waals surface area contributed by atoms with Crippen LogP contribution in [0.4, 0.5) is 11.5 Å². The molecule has 0 spiro atoms. The number of anilines is 2. The van der Waals surface area contributed by atoms with Crippen molar-refractivity contribution in [1.82, 2.24) is 4.98 Å². The topological polar surface area (TPSA) is 63.7 Å². The molecule has 154 valence electrons. The molecular formula is C24H25N3O3. The summed E-state index contributed by atoms with van der Waals surface area (Å²) in [6.45, 7) is 2.51. The first-order valence-corrected chi connectivity index (χ1v) is 10.1. The molecule has 0 radical (unpaired) electrons. The Hall–Kier alpha value is -3.54. The van der Waals surface area contributed by atoms with Gasteiger partial charge in [-0.05, 0) is 48.7 Å². The zero-order valence-corrected chi connectivity index (χ0v) is 17.0. The first-order chi connectivity index (χ1) is 14.7. The Labute approximate surface area is 176 Å². The third-order valence-electron chi connectivity index (χ3n) is 5.10. The lowest BCUT2D eigenvalue weighted by atomic mass is 10.2. The summed E-state index contributed by atoms with van der Waals surface area (Å²) >= 11 is 0. The minimum Gasteiger partial charge on any atom is -0.493 e. The van der Waals surface area contributed by atoms with E-state index < -0.39 is 0 Å². The Balaban J connectivity index is 1.41. The molecule has 1 aliphatic heterocycles. The number of carbonyl (C=O) groups is 1. The fraction of sp³-hybridized carbons (Fsp3) is 0.250. The van der Waals surface area contributed by atoms with Gasteiger partial charge < -0.3 is 19.7 Å². The third-order valence-corrected chi connectivity index (χ3v) is 5.10. The van der Waals surface area contributed by atoms with Crippen molar-refractivity contribution in [3.05, 3.63) is 78.0 Å². The lowest BCUT2D eigenvalue weighted by Crippen LogP contribution is -2.19. The predicted molar refractivity (Wildman–Crippen MR) is 117 cm³/mol. The van der Waals surface area contributed by atoms with Gasteiger partial charge in [0.15, 0.2) is 11.5 Å². The first-order valence-electron chi connectivity index (χ1n) is 10.1. The van der Waals surface area contributed by atoms with Crippen molar-refractivity contribution in [2.24, 2.45) is 0 Å². The molecule has 0 aliphatic carbocycles. The first kappa shape index (κ1) is 19.8. The molecular weight excluding hydrogens is 378 g/mol. The molecule has 1 saturated heterocycles. The van der Waals surface area contributed by atoms with Gasteiger partial charge in [-0.25, -0.2) is 4.98 Å². The maximum absolute atomic E-state index is 12.7. The number of methoxy groups -OCH3 is 1. The normalized spacial score (nSPS) is 13.2. The molecule has 1 aromatic heterocycles. The average Bonchev–Trinajstić information content (AvgIpc) is 3.34. The van der Waals surface area contributed by atoms with Gasteiger partial charge in [-0.1, -0.05) is 30.3 Å². The number of ether oxygens (including phenoxy) is 2. The summed E-state index contributed by atoms with van der Waals surface area (Å²) in [5.41, 5.74) is 2.21. The fourth-order valence-electron chi connectivity index (χ4n) is 3.46. The standard InChI is InChI=1S/C24H25N3O3/c1-29-22-15-19(9-11-21(22)30-17-18-7-3-2-4-8-18)24(28)26-20-10-12-23(25-16-20)27-13-5-6-14-27/h2-4,7-12,15-16H,5-6,13-14,17H2,1H3,(H,26,28). The molecule has 30 heavy (non-hydrogen) atoms. The van der Waals surface area contributed by atoms with Crippen LogP contribution in [-0.2, 0) is 6.61 Å². The second-order valence-electron chi connectivity index (χ2n) is 7.19. The maximum Gasteiger partial charge on any atom is 0.255 e. The monoisotopic (exact) mass is 403 g/mol. The van der Waals surface area contributed by atoms with Crippen molar-refractivity contribution in [3.8, 4) is 11.5 Å². The van der Waals surface area contributed by atoms with E-state index in [0.717, 1.165) is 24.5 Å². The van der Waals surface area contributed by atoms with E-state index in [1.54, 1.807) is 31.5 Å². The molecule has 0 unspecified atom stereocenters. The summed E-state index contributed by atoms with van der Waals surface area (Å²) in [6, 6.07) is 18.9. The summed E-state index contributed by atoms with van der Waals surface area (Å²) in [4.78, 5) is 19.4. The number of pyridine rings is 1. The van der Waals surface area contributed by atoms with Crippen LogP contribution in [0.25, 0.3) is 0 Å². The van der Waals surface area contributed by atoms with E-state index in [2.05, 4.69) is 15.2 Å². The van der Waals surface area contributed by atoms with Crippen LogP contribution in [-0.4, -0.2) is 31.1 Å². The van der Waals surface area contributed by atoms with E-state index in [-0.39, 0.29) is 5.91 Å². The van der Waals surface area contributed by atoms with Crippen molar-refractivity contribution in [2.45, 2.75) is 19.4 Å². The largest absolute Gasteiger partial charge is 0.493 e. The van der Waals surface area contributed by atoms with E-state index in [1.165, 1.54) is 12.8 Å². The highest BCUT2D eigenvalue weighted by Crippen LogP contribution is 2.29. The zero-order valence-electron chi connectivity index (χ0n) is 17.0. The van der Waals surface area contributed by atoms with Crippen LogP contribution in [0.15, 0.2) is 66.9 Å². The molecule has 2 heterocycles. The Kier molecular flexibility index (Phi) is 6.13. The molecule has 4 rings (SSSR count). The van der Waals surface area contributed by atoms with E-state index in [4.69, 9.17) is 9.47 Å². The number of hydrogen-bond donors (Lipinski definition) is 1. The average molecular weight is 403 g/mol. The van der Waals surface area contributed by atoms with Crippen molar-refractivity contribution >= 4 is 17.4 Å². The number of amides is 1. The molecule has 1 N–H and O–H groups in total. The molecule has 3 aromatic rings.